The fraction of sp³-hybridized carbons (Fsp3) is 0.423. The standard InChI is InChI=1S/C26H29ClN4O3/c1-2-18-7-9-19(10-8-18)20-15-21(17-31(16-20)26(32)30-11-13-33-14-12-30)25-28-24(29-34-25)22-5-3-4-6-23(22)27/h3-10,20-21H,2,11-17H2,1H3. The van der Waals surface area contributed by atoms with Crippen molar-refractivity contribution in [2.75, 3.05) is 39.4 Å². The molecule has 0 spiro atoms. The molecule has 0 radical (unpaired) electrons. The van der Waals surface area contributed by atoms with Crippen molar-refractivity contribution in [3.05, 3.63) is 70.6 Å². The maximum atomic E-state index is 13.4. The number of amides is 2. The number of benzene rings is 2. The zero-order valence-corrected chi connectivity index (χ0v) is 20.1. The minimum atomic E-state index is -0.0571. The van der Waals surface area contributed by atoms with Gasteiger partial charge in [0.1, 0.15) is 0 Å². The number of hydrogen-bond acceptors (Lipinski definition) is 5. The average Bonchev–Trinajstić information content (AvgIpc) is 3.39. The molecule has 2 aromatic carbocycles. The Morgan fingerprint density at radius 2 is 1.76 bits per heavy atom. The Kier molecular flexibility index (Phi) is 6.83. The molecule has 2 fully saturated rings. The van der Waals surface area contributed by atoms with Crippen LogP contribution in [0.1, 0.15) is 42.2 Å². The number of morpholine rings is 1. The first-order chi connectivity index (χ1) is 16.6. The third-order valence-corrected chi connectivity index (χ3v) is 7.10. The first-order valence-electron chi connectivity index (χ1n) is 11.9. The molecule has 34 heavy (non-hydrogen) atoms. The lowest BCUT2D eigenvalue weighted by molar-refractivity contribution is 0.0392. The lowest BCUT2D eigenvalue weighted by Gasteiger charge is -2.40. The van der Waals surface area contributed by atoms with Crippen LogP contribution in [-0.2, 0) is 11.2 Å². The van der Waals surface area contributed by atoms with E-state index in [-0.39, 0.29) is 17.9 Å². The van der Waals surface area contributed by atoms with Crippen molar-refractivity contribution >= 4 is 17.6 Å². The van der Waals surface area contributed by atoms with E-state index in [0.29, 0.717) is 56.1 Å². The molecule has 8 heteroatoms. The third kappa shape index (κ3) is 4.81. The quantitative estimate of drug-likeness (QED) is 0.526. The molecule has 2 aliphatic heterocycles. The predicted octanol–water partition coefficient (Wildman–Crippen LogP) is 4.98. The van der Waals surface area contributed by atoms with E-state index in [2.05, 4.69) is 36.3 Å². The van der Waals surface area contributed by atoms with Crippen molar-refractivity contribution in [3.63, 3.8) is 0 Å². The normalized spacial score (nSPS) is 21.0. The molecule has 0 aliphatic carbocycles. The van der Waals surface area contributed by atoms with E-state index in [1.807, 2.05) is 34.1 Å². The van der Waals surface area contributed by atoms with Gasteiger partial charge in [-0.2, -0.15) is 4.98 Å². The van der Waals surface area contributed by atoms with E-state index in [1.165, 1.54) is 11.1 Å². The van der Waals surface area contributed by atoms with Gasteiger partial charge in [-0.3, -0.25) is 0 Å². The van der Waals surface area contributed by atoms with Gasteiger partial charge in [0.05, 0.1) is 24.2 Å². The first kappa shape index (κ1) is 22.9. The highest BCUT2D eigenvalue weighted by Crippen LogP contribution is 2.37. The third-order valence-electron chi connectivity index (χ3n) is 6.77. The molecule has 2 aliphatic rings. The summed E-state index contributed by atoms with van der Waals surface area (Å²) in [6, 6.07) is 16.2. The number of rotatable bonds is 4. The van der Waals surface area contributed by atoms with E-state index in [9.17, 15) is 4.79 Å². The van der Waals surface area contributed by atoms with E-state index in [4.69, 9.17) is 25.8 Å². The predicted molar refractivity (Wildman–Crippen MR) is 130 cm³/mol. The van der Waals surface area contributed by atoms with Crippen molar-refractivity contribution < 1.29 is 14.1 Å². The fourth-order valence-electron chi connectivity index (χ4n) is 4.81. The first-order valence-corrected chi connectivity index (χ1v) is 12.3. The van der Waals surface area contributed by atoms with E-state index in [0.717, 1.165) is 18.4 Å². The molecule has 7 nitrogen and oxygen atoms in total. The van der Waals surface area contributed by atoms with Crippen LogP contribution in [0.15, 0.2) is 53.1 Å². The van der Waals surface area contributed by atoms with Gasteiger partial charge in [0, 0.05) is 37.7 Å². The van der Waals surface area contributed by atoms with Crippen LogP contribution in [0.25, 0.3) is 11.4 Å². The van der Waals surface area contributed by atoms with Crippen LogP contribution in [0.2, 0.25) is 5.02 Å². The highest BCUT2D eigenvalue weighted by molar-refractivity contribution is 6.33. The summed E-state index contributed by atoms with van der Waals surface area (Å²) in [7, 11) is 0. The summed E-state index contributed by atoms with van der Waals surface area (Å²) in [5.74, 6) is 1.15. The summed E-state index contributed by atoms with van der Waals surface area (Å²) in [6.45, 7) is 5.76. The van der Waals surface area contributed by atoms with Crippen molar-refractivity contribution in [2.24, 2.45) is 0 Å². The number of halogens is 1. The number of carbonyl (C=O) groups is 1. The van der Waals surface area contributed by atoms with E-state index in [1.54, 1.807) is 0 Å². The number of aryl methyl sites for hydroxylation is 1. The molecule has 2 unspecified atom stereocenters. The van der Waals surface area contributed by atoms with Crippen LogP contribution in [0.3, 0.4) is 0 Å². The van der Waals surface area contributed by atoms with Crippen LogP contribution in [-0.4, -0.2) is 65.4 Å². The smallest absolute Gasteiger partial charge is 0.320 e. The number of nitrogens with zero attached hydrogens (tertiary/aromatic N) is 4. The largest absolute Gasteiger partial charge is 0.378 e. The summed E-state index contributed by atoms with van der Waals surface area (Å²) in [4.78, 5) is 21.9. The number of ether oxygens (including phenoxy) is 1. The van der Waals surface area contributed by atoms with Gasteiger partial charge in [0.15, 0.2) is 0 Å². The molecule has 2 atom stereocenters. The lowest BCUT2D eigenvalue weighted by atomic mass is 9.84. The van der Waals surface area contributed by atoms with Crippen LogP contribution in [0.4, 0.5) is 4.79 Å². The molecule has 2 amide bonds. The van der Waals surface area contributed by atoms with Crippen molar-refractivity contribution in [2.45, 2.75) is 31.6 Å². The molecule has 0 saturated carbocycles. The zero-order valence-electron chi connectivity index (χ0n) is 19.3. The number of urea groups is 1. The molecule has 0 N–H and O–H groups in total. The highest BCUT2D eigenvalue weighted by Gasteiger charge is 2.36. The van der Waals surface area contributed by atoms with Gasteiger partial charge in [-0.15, -0.1) is 0 Å². The second kappa shape index (κ2) is 10.2. The van der Waals surface area contributed by atoms with Crippen LogP contribution >= 0.6 is 11.6 Å². The Balaban J connectivity index is 1.42. The van der Waals surface area contributed by atoms with E-state index < -0.39 is 0 Å². The van der Waals surface area contributed by atoms with Crippen molar-refractivity contribution in [3.8, 4) is 11.4 Å². The van der Waals surface area contributed by atoms with Crippen LogP contribution < -0.4 is 0 Å². The van der Waals surface area contributed by atoms with Gasteiger partial charge < -0.3 is 19.1 Å². The van der Waals surface area contributed by atoms with Gasteiger partial charge in [0.25, 0.3) is 0 Å². The molecule has 0 bridgehead atoms. The van der Waals surface area contributed by atoms with Crippen molar-refractivity contribution in [1.82, 2.24) is 19.9 Å². The van der Waals surface area contributed by atoms with Gasteiger partial charge in [-0.1, -0.05) is 60.1 Å². The number of aromatic nitrogens is 2. The Hall–Kier alpha value is -2.90. The lowest BCUT2D eigenvalue weighted by Crippen LogP contribution is -2.52. The number of carbonyl (C=O) groups excluding carboxylic acids is 1. The maximum absolute atomic E-state index is 13.4. The zero-order chi connectivity index (χ0) is 23.5. The second-order valence-electron chi connectivity index (χ2n) is 8.95. The summed E-state index contributed by atoms with van der Waals surface area (Å²) >= 11 is 6.34. The monoisotopic (exact) mass is 480 g/mol. The molecule has 3 heterocycles. The summed E-state index contributed by atoms with van der Waals surface area (Å²) in [5.41, 5.74) is 3.27. The average molecular weight is 481 g/mol. The fourth-order valence-corrected chi connectivity index (χ4v) is 5.03. The molecule has 5 rings (SSSR count). The SMILES string of the molecule is CCc1ccc(C2CC(c3nc(-c4ccccc4Cl)no3)CN(C(=O)N3CCOCC3)C2)cc1. The second-order valence-corrected chi connectivity index (χ2v) is 9.35. The van der Waals surface area contributed by atoms with Gasteiger partial charge in [-0.05, 0) is 36.1 Å². The number of hydrogen-bond donors (Lipinski definition) is 0. The Bertz CT molecular complexity index is 1130. The maximum Gasteiger partial charge on any atom is 0.320 e. The summed E-state index contributed by atoms with van der Waals surface area (Å²) in [6.07, 6.45) is 1.84. The Morgan fingerprint density at radius 3 is 2.50 bits per heavy atom. The highest BCUT2D eigenvalue weighted by atomic mass is 35.5. The molecule has 1 aromatic heterocycles. The molecule has 3 aromatic rings. The number of piperidine rings is 1. The van der Waals surface area contributed by atoms with Gasteiger partial charge in [-0.25, -0.2) is 4.79 Å². The summed E-state index contributed by atoms with van der Waals surface area (Å²) in [5, 5.41) is 4.78. The van der Waals surface area contributed by atoms with Gasteiger partial charge >= 0.3 is 6.03 Å². The Labute approximate surface area is 204 Å². The van der Waals surface area contributed by atoms with Gasteiger partial charge in [0.2, 0.25) is 11.7 Å². The molecular weight excluding hydrogens is 452 g/mol. The number of likely N-dealkylation sites (tertiary alicyclic amines) is 1. The minimum absolute atomic E-state index is 0.0500. The summed E-state index contributed by atoms with van der Waals surface area (Å²) < 4.78 is 11.2. The van der Waals surface area contributed by atoms with Crippen molar-refractivity contribution in [1.29, 1.82) is 0 Å². The topological polar surface area (TPSA) is 71.7 Å². The molecular formula is C26H29ClN4O3. The van der Waals surface area contributed by atoms with E-state index >= 15 is 0 Å². The minimum Gasteiger partial charge on any atom is -0.378 e. The molecule has 2 saturated heterocycles. The Morgan fingerprint density at radius 1 is 1.03 bits per heavy atom. The van der Waals surface area contributed by atoms with Crippen LogP contribution in [0.5, 0.6) is 0 Å². The van der Waals surface area contributed by atoms with Crippen LogP contribution in [0, 0.1) is 0 Å². The molecule has 178 valence electrons.